The predicted molar refractivity (Wildman–Crippen MR) is 101 cm³/mol. The number of rotatable bonds is 5. The summed E-state index contributed by atoms with van der Waals surface area (Å²) in [6, 6.07) is 15.0. The maximum atomic E-state index is 12.4. The molecule has 5 nitrogen and oxygen atoms in total. The van der Waals surface area contributed by atoms with Gasteiger partial charge in [-0.3, -0.25) is 9.67 Å². The van der Waals surface area contributed by atoms with Gasteiger partial charge in [0.05, 0.1) is 11.4 Å². The molecular weight excluding hydrogens is 350 g/mol. The molecule has 0 fully saturated rings. The van der Waals surface area contributed by atoms with Crippen molar-refractivity contribution in [1.82, 2.24) is 14.8 Å². The molecular formula is C20H18ClN3O2. The third-order valence-electron chi connectivity index (χ3n) is 3.87. The van der Waals surface area contributed by atoms with E-state index in [0.29, 0.717) is 16.4 Å². The highest BCUT2D eigenvalue weighted by Gasteiger charge is 2.19. The van der Waals surface area contributed by atoms with E-state index in [1.54, 1.807) is 24.0 Å². The van der Waals surface area contributed by atoms with Crippen LogP contribution in [0.1, 0.15) is 28.6 Å². The van der Waals surface area contributed by atoms with E-state index in [2.05, 4.69) is 10.1 Å². The Bertz CT molecular complexity index is 881. The van der Waals surface area contributed by atoms with Crippen molar-refractivity contribution in [3.05, 3.63) is 88.5 Å². The number of benzene rings is 1. The number of aryl methyl sites for hydroxylation is 2. The number of carbonyl (C=O) groups excluding carboxylic acids is 1. The van der Waals surface area contributed by atoms with Crippen LogP contribution in [0.15, 0.2) is 60.8 Å². The zero-order valence-corrected chi connectivity index (χ0v) is 15.2. The quantitative estimate of drug-likeness (QED) is 0.502. The highest BCUT2D eigenvalue weighted by atomic mass is 35.5. The zero-order valence-electron chi connectivity index (χ0n) is 14.5. The number of pyridine rings is 1. The van der Waals surface area contributed by atoms with Gasteiger partial charge in [0.2, 0.25) is 0 Å². The van der Waals surface area contributed by atoms with Crippen LogP contribution in [-0.2, 0) is 16.6 Å². The van der Waals surface area contributed by atoms with Crippen LogP contribution >= 0.6 is 11.6 Å². The first-order valence-electron chi connectivity index (χ1n) is 8.10. The molecule has 2 heterocycles. The molecule has 1 atom stereocenters. The molecule has 0 aliphatic carbocycles. The van der Waals surface area contributed by atoms with Crippen molar-refractivity contribution < 1.29 is 9.53 Å². The summed E-state index contributed by atoms with van der Waals surface area (Å²) in [5.41, 5.74) is 2.95. The van der Waals surface area contributed by atoms with Gasteiger partial charge in [0.25, 0.3) is 0 Å². The Morgan fingerprint density at radius 1 is 1.19 bits per heavy atom. The van der Waals surface area contributed by atoms with Crippen LogP contribution < -0.4 is 0 Å². The van der Waals surface area contributed by atoms with Crippen molar-refractivity contribution in [2.75, 3.05) is 0 Å². The molecule has 0 aliphatic rings. The molecule has 1 aromatic carbocycles. The summed E-state index contributed by atoms with van der Waals surface area (Å²) < 4.78 is 7.23. The van der Waals surface area contributed by atoms with Crippen molar-refractivity contribution in [1.29, 1.82) is 0 Å². The average molecular weight is 368 g/mol. The Balaban J connectivity index is 1.83. The minimum atomic E-state index is -0.583. The van der Waals surface area contributed by atoms with E-state index in [0.717, 1.165) is 11.3 Å². The summed E-state index contributed by atoms with van der Waals surface area (Å²) >= 11 is 6.18. The van der Waals surface area contributed by atoms with Gasteiger partial charge >= 0.3 is 5.97 Å². The van der Waals surface area contributed by atoms with Crippen LogP contribution in [0.25, 0.3) is 6.08 Å². The lowest BCUT2D eigenvalue weighted by Gasteiger charge is -2.16. The topological polar surface area (TPSA) is 57.0 Å². The first kappa shape index (κ1) is 17.9. The minimum absolute atomic E-state index is 0.468. The lowest BCUT2D eigenvalue weighted by molar-refractivity contribution is -0.141. The number of aromatic nitrogens is 3. The van der Waals surface area contributed by atoms with Gasteiger partial charge < -0.3 is 4.74 Å². The summed E-state index contributed by atoms with van der Waals surface area (Å²) in [6.45, 7) is 1.83. The molecule has 3 aromatic rings. The molecule has 0 saturated heterocycles. The Morgan fingerprint density at radius 2 is 1.92 bits per heavy atom. The fourth-order valence-electron chi connectivity index (χ4n) is 2.60. The van der Waals surface area contributed by atoms with E-state index < -0.39 is 12.1 Å². The zero-order chi connectivity index (χ0) is 18.5. The first-order valence-corrected chi connectivity index (χ1v) is 8.47. The second kappa shape index (κ2) is 7.97. The van der Waals surface area contributed by atoms with E-state index in [-0.39, 0.29) is 0 Å². The van der Waals surface area contributed by atoms with Crippen molar-refractivity contribution in [3.8, 4) is 0 Å². The summed E-state index contributed by atoms with van der Waals surface area (Å²) in [7, 11) is 1.75. The highest BCUT2D eigenvalue weighted by Crippen LogP contribution is 2.25. The average Bonchev–Trinajstić information content (AvgIpc) is 2.91. The van der Waals surface area contributed by atoms with Crippen LogP contribution in [0.2, 0.25) is 5.15 Å². The summed E-state index contributed by atoms with van der Waals surface area (Å²) in [5.74, 6) is -0.483. The third-order valence-corrected chi connectivity index (χ3v) is 4.32. The van der Waals surface area contributed by atoms with E-state index in [1.807, 2.05) is 55.5 Å². The highest BCUT2D eigenvalue weighted by molar-refractivity contribution is 6.31. The Labute approximate surface area is 156 Å². The lowest BCUT2D eigenvalue weighted by Crippen LogP contribution is -2.12. The molecule has 1 unspecified atom stereocenters. The van der Waals surface area contributed by atoms with Gasteiger partial charge in [0.15, 0.2) is 6.10 Å². The van der Waals surface area contributed by atoms with Crippen molar-refractivity contribution in [2.24, 2.45) is 7.05 Å². The lowest BCUT2D eigenvalue weighted by atomic mass is 10.1. The molecule has 2 aromatic heterocycles. The first-order chi connectivity index (χ1) is 12.6. The number of halogens is 1. The molecule has 0 radical (unpaired) electrons. The van der Waals surface area contributed by atoms with Gasteiger partial charge in [-0.1, -0.05) is 48.0 Å². The maximum Gasteiger partial charge on any atom is 0.331 e. The third kappa shape index (κ3) is 4.00. The Morgan fingerprint density at radius 3 is 2.54 bits per heavy atom. The van der Waals surface area contributed by atoms with Gasteiger partial charge in [0, 0.05) is 24.9 Å². The second-order valence-electron chi connectivity index (χ2n) is 5.73. The van der Waals surface area contributed by atoms with E-state index in [9.17, 15) is 4.79 Å². The molecule has 0 spiro atoms. The summed E-state index contributed by atoms with van der Waals surface area (Å²) in [4.78, 5) is 16.7. The predicted octanol–water partition coefficient (Wildman–Crippen LogP) is 4.12. The molecule has 0 aliphatic heterocycles. The van der Waals surface area contributed by atoms with Crippen molar-refractivity contribution in [3.63, 3.8) is 0 Å². The summed E-state index contributed by atoms with van der Waals surface area (Å²) in [6.07, 6.45) is 4.07. The van der Waals surface area contributed by atoms with Gasteiger partial charge in [-0.05, 0) is 30.7 Å². The van der Waals surface area contributed by atoms with Crippen LogP contribution in [0.3, 0.4) is 0 Å². The van der Waals surface area contributed by atoms with E-state index >= 15 is 0 Å². The number of esters is 1. The molecule has 132 valence electrons. The SMILES string of the molecule is Cc1nn(C)c(Cl)c1/C=C/C(=O)OC(c1ccccc1)c1ccccn1. The number of nitrogens with zero attached hydrogens (tertiary/aromatic N) is 3. The fourth-order valence-corrected chi connectivity index (χ4v) is 2.84. The largest absolute Gasteiger partial charge is 0.448 e. The van der Waals surface area contributed by atoms with Gasteiger partial charge in [-0.25, -0.2) is 4.79 Å². The second-order valence-corrected chi connectivity index (χ2v) is 6.09. The molecule has 6 heteroatoms. The van der Waals surface area contributed by atoms with Crippen molar-refractivity contribution >= 4 is 23.6 Å². The normalized spacial score (nSPS) is 12.3. The van der Waals surface area contributed by atoms with E-state index in [4.69, 9.17) is 16.3 Å². The monoisotopic (exact) mass is 367 g/mol. The van der Waals surface area contributed by atoms with Crippen LogP contribution in [0.5, 0.6) is 0 Å². The fraction of sp³-hybridized carbons (Fsp3) is 0.150. The number of hydrogen-bond acceptors (Lipinski definition) is 4. The summed E-state index contributed by atoms with van der Waals surface area (Å²) in [5, 5.41) is 4.68. The van der Waals surface area contributed by atoms with E-state index in [1.165, 1.54) is 6.08 Å². The number of ether oxygens (including phenoxy) is 1. The molecule has 0 bridgehead atoms. The van der Waals surface area contributed by atoms with Crippen molar-refractivity contribution in [2.45, 2.75) is 13.0 Å². The van der Waals surface area contributed by atoms with Crippen LogP contribution in [0.4, 0.5) is 0 Å². The number of hydrogen-bond donors (Lipinski definition) is 0. The number of carbonyl (C=O) groups is 1. The standard InChI is InChI=1S/C20H18ClN3O2/c1-14-16(20(21)24(2)23-14)11-12-18(25)26-19(15-8-4-3-5-9-15)17-10-6-7-13-22-17/h3-13,19H,1-2H3/b12-11+. The van der Waals surface area contributed by atoms with Gasteiger partial charge in [0.1, 0.15) is 5.15 Å². The molecule has 0 amide bonds. The Kier molecular flexibility index (Phi) is 5.49. The van der Waals surface area contributed by atoms with Gasteiger partial charge in [-0.15, -0.1) is 0 Å². The maximum absolute atomic E-state index is 12.4. The minimum Gasteiger partial charge on any atom is -0.448 e. The molecule has 3 rings (SSSR count). The molecule has 26 heavy (non-hydrogen) atoms. The van der Waals surface area contributed by atoms with Crippen LogP contribution in [-0.4, -0.2) is 20.7 Å². The Hall–Kier alpha value is -2.92. The molecule has 0 saturated carbocycles. The smallest absolute Gasteiger partial charge is 0.331 e. The molecule has 0 N–H and O–H groups in total. The van der Waals surface area contributed by atoms with Gasteiger partial charge in [-0.2, -0.15) is 5.10 Å². The van der Waals surface area contributed by atoms with Crippen LogP contribution in [0, 0.1) is 6.92 Å².